The van der Waals surface area contributed by atoms with Gasteiger partial charge in [0.2, 0.25) is 15.9 Å². The van der Waals surface area contributed by atoms with Crippen molar-refractivity contribution in [1.29, 1.82) is 0 Å². The molecule has 0 spiro atoms. The maximum atomic E-state index is 12.9. The number of esters is 1. The molecule has 8 nitrogen and oxygen atoms in total. The zero-order valence-corrected chi connectivity index (χ0v) is 17.2. The van der Waals surface area contributed by atoms with Gasteiger partial charge >= 0.3 is 5.97 Å². The molecule has 2 aromatic rings. The van der Waals surface area contributed by atoms with Gasteiger partial charge in [-0.1, -0.05) is 0 Å². The largest absolute Gasteiger partial charge is 0.462 e. The summed E-state index contributed by atoms with van der Waals surface area (Å²) in [5, 5.41) is 0. The van der Waals surface area contributed by atoms with E-state index in [-0.39, 0.29) is 11.5 Å². The summed E-state index contributed by atoms with van der Waals surface area (Å²) in [4.78, 5) is 18.4. The molecular weight excluding hydrogens is 382 g/mol. The average Bonchev–Trinajstić information content (AvgIpc) is 2.99. The first-order valence-electron chi connectivity index (χ1n) is 9.24. The van der Waals surface area contributed by atoms with Crippen molar-refractivity contribution in [3.05, 3.63) is 47.2 Å². The lowest BCUT2D eigenvalue weighted by molar-refractivity contribution is 0.0526. The first kappa shape index (κ1) is 20.5. The molecular formula is C19H25N3O5S. The molecule has 1 aromatic carbocycles. The minimum atomic E-state index is -3.60. The Labute approximate surface area is 165 Å². The maximum Gasteiger partial charge on any atom is 0.338 e. The van der Waals surface area contributed by atoms with Gasteiger partial charge in [0.05, 0.1) is 29.3 Å². The van der Waals surface area contributed by atoms with Crippen molar-refractivity contribution in [3.8, 4) is 0 Å². The molecule has 1 aliphatic rings. The van der Waals surface area contributed by atoms with Crippen LogP contribution < -0.4 is 0 Å². The molecule has 0 N–H and O–H groups in total. The minimum absolute atomic E-state index is 0.174. The van der Waals surface area contributed by atoms with Crippen molar-refractivity contribution >= 4 is 16.0 Å². The molecule has 2 heterocycles. The van der Waals surface area contributed by atoms with Gasteiger partial charge in [0, 0.05) is 26.2 Å². The smallest absolute Gasteiger partial charge is 0.338 e. The summed E-state index contributed by atoms with van der Waals surface area (Å²) in [6.45, 7) is 8.32. The lowest BCUT2D eigenvalue weighted by Gasteiger charge is -2.33. The number of nitrogens with zero attached hydrogens (tertiary/aromatic N) is 3. The molecule has 0 saturated carbocycles. The molecule has 1 fully saturated rings. The van der Waals surface area contributed by atoms with Crippen molar-refractivity contribution < 1.29 is 22.4 Å². The number of hydrogen-bond acceptors (Lipinski definition) is 7. The highest BCUT2D eigenvalue weighted by molar-refractivity contribution is 7.89. The van der Waals surface area contributed by atoms with Crippen LogP contribution in [-0.4, -0.2) is 61.4 Å². The summed E-state index contributed by atoms with van der Waals surface area (Å²) < 4.78 is 37.7. The molecule has 1 aromatic heterocycles. The number of carbonyl (C=O) groups excluding carboxylic acids is 1. The van der Waals surface area contributed by atoms with E-state index in [2.05, 4.69) is 9.88 Å². The second kappa shape index (κ2) is 8.42. The molecule has 9 heteroatoms. The van der Waals surface area contributed by atoms with E-state index >= 15 is 0 Å². The van der Waals surface area contributed by atoms with Crippen LogP contribution in [0.3, 0.4) is 0 Å². The highest BCUT2D eigenvalue weighted by Crippen LogP contribution is 2.20. The van der Waals surface area contributed by atoms with Gasteiger partial charge < -0.3 is 9.15 Å². The summed E-state index contributed by atoms with van der Waals surface area (Å²) in [5.74, 6) is 1.00. The molecule has 0 unspecified atom stereocenters. The van der Waals surface area contributed by atoms with E-state index in [9.17, 15) is 13.2 Å². The standard InChI is InChI=1S/C19H25N3O5S/c1-4-26-19(23)16-5-7-17(8-6-16)28(24,25)22-11-9-21(10-12-22)13-18-20-14(2)15(3)27-18/h5-8H,4,9-13H2,1-3H3. The number of rotatable bonds is 6. The number of aryl methyl sites for hydroxylation is 2. The van der Waals surface area contributed by atoms with Gasteiger partial charge in [-0.2, -0.15) is 4.31 Å². The summed E-state index contributed by atoms with van der Waals surface area (Å²) >= 11 is 0. The summed E-state index contributed by atoms with van der Waals surface area (Å²) in [5.41, 5.74) is 1.21. The van der Waals surface area contributed by atoms with Crippen molar-refractivity contribution in [1.82, 2.24) is 14.2 Å². The van der Waals surface area contributed by atoms with Crippen LogP contribution in [-0.2, 0) is 21.3 Å². The van der Waals surface area contributed by atoms with Gasteiger partial charge in [0.25, 0.3) is 0 Å². The van der Waals surface area contributed by atoms with Crippen molar-refractivity contribution in [2.24, 2.45) is 0 Å². The number of aromatic nitrogens is 1. The lowest BCUT2D eigenvalue weighted by atomic mass is 10.2. The molecule has 3 rings (SSSR count). The third-order valence-electron chi connectivity index (χ3n) is 4.77. The summed E-state index contributed by atoms with van der Waals surface area (Å²) in [6, 6.07) is 5.86. The van der Waals surface area contributed by atoms with E-state index in [1.165, 1.54) is 28.6 Å². The maximum absolute atomic E-state index is 12.9. The van der Waals surface area contributed by atoms with Gasteiger partial charge in [0.1, 0.15) is 5.76 Å². The van der Waals surface area contributed by atoms with Crippen molar-refractivity contribution in [2.75, 3.05) is 32.8 Å². The monoisotopic (exact) mass is 407 g/mol. The second-order valence-corrected chi connectivity index (χ2v) is 8.61. The number of piperazine rings is 1. The van der Waals surface area contributed by atoms with E-state index in [1.54, 1.807) is 6.92 Å². The van der Waals surface area contributed by atoms with Crippen LogP contribution in [0.5, 0.6) is 0 Å². The fourth-order valence-electron chi connectivity index (χ4n) is 3.05. The third kappa shape index (κ3) is 4.43. The summed E-state index contributed by atoms with van der Waals surface area (Å²) in [7, 11) is -3.60. The van der Waals surface area contributed by atoms with E-state index in [0.29, 0.717) is 44.2 Å². The number of carbonyl (C=O) groups is 1. The van der Waals surface area contributed by atoms with Crippen LogP contribution in [0.2, 0.25) is 0 Å². The fraction of sp³-hybridized carbons (Fsp3) is 0.474. The predicted octanol–water partition coefficient (Wildman–Crippen LogP) is 1.97. The average molecular weight is 407 g/mol. The zero-order chi connectivity index (χ0) is 20.3. The van der Waals surface area contributed by atoms with E-state index in [4.69, 9.17) is 9.15 Å². The SMILES string of the molecule is CCOC(=O)c1ccc(S(=O)(=O)N2CCN(Cc3nc(C)c(C)o3)CC2)cc1. The third-order valence-corrected chi connectivity index (χ3v) is 6.68. The van der Waals surface area contributed by atoms with Crippen LogP contribution in [0.25, 0.3) is 0 Å². The van der Waals surface area contributed by atoms with E-state index in [1.807, 2.05) is 13.8 Å². The number of oxazole rings is 1. The van der Waals surface area contributed by atoms with Gasteiger partial charge in [-0.05, 0) is 45.0 Å². The topological polar surface area (TPSA) is 93.0 Å². The van der Waals surface area contributed by atoms with Gasteiger partial charge in [0.15, 0.2) is 0 Å². The zero-order valence-electron chi connectivity index (χ0n) is 16.3. The molecule has 0 amide bonds. The first-order valence-corrected chi connectivity index (χ1v) is 10.7. The lowest BCUT2D eigenvalue weighted by Crippen LogP contribution is -2.48. The Morgan fingerprint density at radius 2 is 1.79 bits per heavy atom. The Bertz CT molecular complexity index is 909. The number of ether oxygens (including phenoxy) is 1. The quantitative estimate of drug-likeness (QED) is 0.676. The van der Waals surface area contributed by atoms with Gasteiger partial charge in [-0.3, -0.25) is 4.90 Å². The molecule has 0 radical (unpaired) electrons. The summed E-state index contributed by atoms with van der Waals surface area (Å²) in [6.07, 6.45) is 0. The van der Waals surface area contributed by atoms with Crippen molar-refractivity contribution in [3.63, 3.8) is 0 Å². The minimum Gasteiger partial charge on any atom is -0.462 e. The van der Waals surface area contributed by atoms with Gasteiger partial charge in [-0.15, -0.1) is 0 Å². The Morgan fingerprint density at radius 3 is 2.32 bits per heavy atom. The molecule has 0 bridgehead atoms. The van der Waals surface area contributed by atoms with Gasteiger partial charge in [-0.25, -0.2) is 18.2 Å². The second-order valence-electron chi connectivity index (χ2n) is 6.67. The number of benzene rings is 1. The molecule has 0 atom stereocenters. The molecule has 1 saturated heterocycles. The Morgan fingerprint density at radius 1 is 1.14 bits per heavy atom. The normalized spacial score (nSPS) is 16.2. The highest BCUT2D eigenvalue weighted by atomic mass is 32.2. The molecule has 152 valence electrons. The van der Waals surface area contributed by atoms with Crippen LogP contribution >= 0.6 is 0 Å². The molecule has 0 aliphatic carbocycles. The van der Waals surface area contributed by atoms with Crippen molar-refractivity contribution in [2.45, 2.75) is 32.2 Å². The van der Waals surface area contributed by atoms with E-state index < -0.39 is 16.0 Å². The number of sulfonamides is 1. The highest BCUT2D eigenvalue weighted by Gasteiger charge is 2.29. The molecule has 28 heavy (non-hydrogen) atoms. The van der Waals surface area contributed by atoms with Crippen LogP contribution in [0.4, 0.5) is 0 Å². The Hall–Kier alpha value is -2.23. The fourth-order valence-corrected chi connectivity index (χ4v) is 4.47. The van der Waals surface area contributed by atoms with E-state index in [0.717, 1.165) is 11.5 Å². The Balaban J connectivity index is 1.61. The van der Waals surface area contributed by atoms with Crippen LogP contribution in [0.15, 0.2) is 33.6 Å². The van der Waals surface area contributed by atoms with Crippen LogP contribution in [0, 0.1) is 13.8 Å². The first-order chi connectivity index (χ1) is 13.3. The van der Waals surface area contributed by atoms with Crippen LogP contribution in [0.1, 0.15) is 34.6 Å². The predicted molar refractivity (Wildman–Crippen MR) is 102 cm³/mol. The molecule has 1 aliphatic heterocycles. The number of hydrogen-bond donors (Lipinski definition) is 0. The Kier molecular flexibility index (Phi) is 6.17.